The number of hydrogen-bond donors (Lipinski definition) is 1. The van der Waals surface area contributed by atoms with Crippen molar-refractivity contribution in [2.24, 2.45) is 9.98 Å². The van der Waals surface area contributed by atoms with Gasteiger partial charge in [-0.3, -0.25) is 0 Å². The predicted octanol–water partition coefficient (Wildman–Crippen LogP) is 11.5. The second-order valence-corrected chi connectivity index (χ2v) is 14.0. The standard InChI is InChI=1S/C45H28N4OS/c1-2-13-27(14-3-1)43-46-44(48-45(47-43)34-21-11-19-31-29-16-6-9-26-39(29)51-42(31)34)33-20-10-18-30-28-15-4-7-22-35(28)49(41(30)33)36-23-12-25-38-40(36)32-17-5-8-24-37(32)50-38/h1-26,43H,(H,46,47,48). The number of rotatable bonds is 4. The lowest BCUT2D eigenvalue weighted by Gasteiger charge is -2.24. The lowest BCUT2D eigenvalue weighted by atomic mass is 10.0. The van der Waals surface area contributed by atoms with E-state index < -0.39 is 0 Å². The maximum atomic E-state index is 6.38. The molecule has 0 spiro atoms. The molecule has 10 aromatic rings. The molecule has 51 heavy (non-hydrogen) atoms. The third-order valence-electron chi connectivity index (χ3n) is 10.1. The van der Waals surface area contributed by atoms with Crippen LogP contribution in [0, 0.1) is 0 Å². The van der Waals surface area contributed by atoms with Gasteiger partial charge in [0.2, 0.25) is 0 Å². The summed E-state index contributed by atoms with van der Waals surface area (Å²) in [6.45, 7) is 0. The van der Waals surface area contributed by atoms with Gasteiger partial charge < -0.3 is 14.3 Å². The smallest absolute Gasteiger partial charge is 0.160 e. The van der Waals surface area contributed by atoms with Gasteiger partial charge in [0.15, 0.2) is 5.84 Å². The first-order valence-corrected chi connectivity index (χ1v) is 17.9. The zero-order chi connectivity index (χ0) is 33.5. The zero-order valence-electron chi connectivity index (χ0n) is 27.2. The van der Waals surface area contributed by atoms with E-state index in [2.05, 4.69) is 149 Å². The fourth-order valence-electron chi connectivity index (χ4n) is 7.84. The first kappa shape index (κ1) is 28.3. The molecular weight excluding hydrogens is 645 g/mol. The molecule has 1 unspecified atom stereocenters. The SMILES string of the molecule is c1ccc(C2N=C(c3cccc4c3sc3ccccc34)N=C(c3cccc4c5ccccc5n(-c5cccc6oc7ccccc7c56)c34)N2)cc1. The van der Waals surface area contributed by atoms with Gasteiger partial charge in [-0.2, -0.15) is 0 Å². The van der Waals surface area contributed by atoms with E-state index >= 15 is 0 Å². The molecule has 0 radical (unpaired) electrons. The Morgan fingerprint density at radius 2 is 1.25 bits per heavy atom. The average molecular weight is 673 g/mol. The number of hydrogen-bond acceptors (Lipinski definition) is 5. The van der Waals surface area contributed by atoms with Crippen LogP contribution < -0.4 is 5.32 Å². The van der Waals surface area contributed by atoms with Crippen LogP contribution in [-0.4, -0.2) is 16.2 Å². The van der Waals surface area contributed by atoms with Crippen molar-refractivity contribution in [3.8, 4) is 5.69 Å². The van der Waals surface area contributed by atoms with Crippen LogP contribution in [0.25, 0.3) is 69.6 Å². The molecule has 11 rings (SSSR count). The first-order chi connectivity index (χ1) is 25.3. The van der Waals surface area contributed by atoms with Crippen LogP contribution >= 0.6 is 11.3 Å². The molecule has 4 heterocycles. The molecule has 0 bridgehead atoms. The number of amidine groups is 2. The van der Waals surface area contributed by atoms with Crippen molar-refractivity contribution in [3.63, 3.8) is 0 Å². The van der Waals surface area contributed by atoms with Gasteiger partial charge in [0.25, 0.3) is 0 Å². The first-order valence-electron chi connectivity index (χ1n) is 17.1. The van der Waals surface area contributed by atoms with Gasteiger partial charge in [-0.25, -0.2) is 9.98 Å². The second-order valence-electron chi connectivity index (χ2n) is 13.0. The summed E-state index contributed by atoms with van der Waals surface area (Å²) < 4.78 is 11.2. The van der Waals surface area contributed by atoms with E-state index in [-0.39, 0.29) is 6.17 Å². The number of furan rings is 1. The molecule has 1 N–H and O–H groups in total. The summed E-state index contributed by atoms with van der Waals surface area (Å²) in [6, 6.07) is 55.4. The number of nitrogens with zero attached hydrogens (tertiary/aromatic N) is 3. The normalized spacial score (nSPS) is 14.9. The van der Waals surface area contributed by atoms with E-state index in [1.807, 2.05) is 18.2 Å². The molecule has 0 fully saturated rings. The summed E-state index contributed by atoms with van der Waals surface area (Å²) in [6.07, 6.45) is -0.326. The molecule has 6 heteroatoms. The van der Waals surface area contributed by atoms with Crippen LogP contribution in [0.15, 0.2) is 172 Å². The molecule has 7 aromatic carbocycles. The highest BCUT2D eigenvalue weighted by Crippen LogP contribution is 2.41. The van der Waals surface area contributed by atoms with Gasteiger partial charge in [0.05, 0.1) is 22.1 Å². The highest BCUT2D eigenvalue weighted by Gasteiger charge is 2.26. The molecule has 0 amide bonds. The van der Waals surface area contributed by atoms with Crippen molar-refractivity contribution in [2.75, 3.05) is 0 Å². The minimum absolute atomic E-state index is 0.326. The Morgan fingerprint density at radius 3 is 2.16 bits per heavy atom. The second kappa shape index (κ2) is 11.0. The Balaban J connectivity index is 1.20. The average Bonchev–Trinajstić information content (AvgIpc) is 3.88. The highest BCUT2D eigenvalue weighted by atomic mass is 32.1. The Bertz CT molecular complexity index is 3070. The molecule has 0 saturated carbocycles. The summed E-state index contributed by atoms with van der Waals surface area (Å²) >= 11 is 1.80. The number of aliphatic imine (C=N–C) groups is 2. The molecule has 1 aliphatic heterocycles. The van der Waals surface area contributed by atoms with Crippen LogP contribution in [0.2, 0.25) is 0 Å². The van der Waals surface area contributed by atoms with Crippen molar-refractivity contribution in [3.05, 3.63) is 174 Å². The van der Waals surface area contributed by atoms with E-state index in [1.165, 1.54) is 25.6 Å². The quantitative estimate of drug-likeness (QED) is 0.202. The fraction of sp³-hybridized carbons (Fsp3) is 0.0222. The molecule has 0 saturated heterocycles. The van der Waals surface area contributed by atoms with Crippen molar-refractivity contribution in [1.82, 2.24) is 9.88 Å². The maximum Gasteiger partial charge on any atom is 0.160 e. The highest BCUT2D eigenvalue weighted by molar-refractivity contribution is 7.26. The van der Waals surface area contributed by atoms with E-state index in [4.69, 9.17) is 14.4 Å². The third-order valence-corrected chi connectivity index (χ3v) is 11.3. The van der Waals surface area contributed by atoms with Crippen molar-refractivity contribution < 1.29 is 4.42 Å². The Labute approximate surface area is 296 Å². The van der Waals surface area contributed by atoms with E-state index in [9.17, 15) is 0 Å². The molecule has 0 aliphatic carbocycles. The van der Waals surface area contributed by atoms with Gasteiger partial charge in [-0.15, -0.1) is 11.3 Å². The fourth-order valence-corrected chi connectivity index (χ4v) is 9.05. The molecule has 240 valence electrons. The van der Waals surface area contributed by atoms with Crippen LogP contribution in [0.3, 0.4) is 0 Å². The van der Waals surface area contributed by atoms with Crippen LogP contribution in [0.4, 0.5) is 0 Å². The Kier molecular flexibility index (Phi) is 6.12. The largest absolute Gasteiger partial charge is 0.456 e. The molecule has 1 atom stereocenters. The van der Waals surface area contributed by atoms with Gasteiger partial charge in [0.1, 0.15) is 23.2 Å². The van der Waals surface area contributed by atoms with E-state index in [1.54, 1.807) is 11.3 Å². The van der Waals surface area contributed by atoms with Gasteiger partial charge >= 0.3 is 0 Å². The molecule has 5 nitrogen and oxygen atoms in total. The number of aromatic nitrogens is 1. The lowest BCUT2D eigenvalue weighted by Crippen LogP contribution is -2.34. The number of benzene rings is 7. The van der Waals surface area contributed by atoms with Crippen molar-refractivity contribution in [2.45, 2.75) is 6.17 Å². The van der Waals surface area contributed by atoms with Gasteiger partial charge in [-0.1, -0.05) is 115 Å². The van der Waals surface area contributed by atoms with Crippen LogP contribution in [0.1, 0.15) is 22.9 Å². The summed E-state index contributed by atoms with van der Waals surface area (Å²) in [4.78, 5) is 10.7. The molecular formula is C45H28N4OS. The number of para-hydroxylation sites is 3. The summed E-state index contributed by atoms with van der Waals surface area (Å²) in [5.41, 5.74) is 8.13. The monoisotopic (exact) mass is 672 g/mol. The van der Waals surface area contributed by atoms with Crippen LogP contribution in [0.5, 0.6) is 0 Å². The Morgan fingerprint density at radius 1 is 0.569 bits per heavy atom. The maximum absolute atomic E-state index is 6.38. The van der Waals surface area contributed by atoms with Crippen LogP contribution in [-0.2, 0) is 0 Å². The summed E-state index contributed by atoms with van der Waals surface area (Å²) in [5.74, 6) is 1.50. The minimum atomic E-state index is -0.326. The summed E-state index contributed by atoms with van der Waals surface area (Å²) in [7, 11) is 0. The van der Waals surface area contributed by atoms with Gasteiger partial charge in [0, 0.05) is 47.5 Å². The molecule has 3 aromatic heterocycles. The number of thiophene rings is 1. The third kappa shape index (κ3) is 4.27. The minimum Gasteiger partial charge on any atom is -0.456 e. The molecule has 1 aliphatic rings. The topological polar surface area (TPSA) is 54.8 Å². The van der Waals surface area contributed by atoms with Crippen molar-refractivity contribution >= 4 is 86.9 Å². The Hall–Kier alpha value is -6.50. The lowest BCUT2D eigenvalue weighted by molar-refractivity contribution is 0.669. The van der Waals surface area contributed by atoms with E-state index in [0.29, 0.717) is 0 Å². The number of fused-ring (bicyclic) bond motifs is 9. The van der Waals surface area contributed by atoms with Gasteiger partial charge in [-0.05, 0) is 48.0 Å². The van der Waals surface area contributed by atoms with Crippen molar-refractivity contribution in [1.29, 1.82) is 0 Å². The van der Waals surface area contributed by atoms with E-state index in [0.717, 1.165) is 72.4 Å². The summed E-state index contributed by atoms with van der Waals surface area (Å²) in [5, 5.41) is 10.8. The zero-order valence-corrected chi connectivity index (χ0v) is 28.1. The number of nitrogens with one attached hydrogen (secondary N) is 1. The predicted molar refractivity (Wildman–Crippen MR) is 213 cm³/mol.